The van der Waals surface area contributed by atoms with Crippen molar-refractivity contribution < 1.29 is 0 Å². The maximum Gasteiger partial charge on any atom is 0.113 e. The Bertz CT molecular complexity index is 416. The van der Waals surface area contributed by atoms with Gasteiger partial charge in [0.25, 0.3) is 0 Å². The van der Waals surface area contributed by atoms with Crippen LogP contribution in [0.15, 0.2) is 0 Å². The number of hydrogen-bond acceptors (Lipinski definition) is 3. The van der Waals surface area contributed by atoms with Crippen molar-refractivity contribution in [1.82, 2.24) is 4.98 Å². The monoisotopic (exact) mass is 264 g/mol. The van der Waals surface area contributed by atoms with Gasteiger partial charge < -0.3 is 5.73 Å². The second-order valence-corrected chi connectivity index (χ2v) is 7.53. The molecule has 0 aromatic carbocycles. The average molecular weight is 264 g/mol. The van der Waals surface area contributed by atoms with Crippen molar-refractivity contribution in [3.05, 3.63) is 15.6 Å². The minimum Gasteiger partial charge on any atom is -0.319 e. The summed E-state index contributed by atoms with van der Waals surface area (Å²) < 4.78 is 0. The Balaban J connectivity index is 1.87. The fraction of sp³-hybridized carbons (Fsp3) is 0.800. The molecule has 0 amide bonds. The number of nitrogens with zero attached hydrogens (tertiary/aromatic N) is 1. The lowest BCUT2D eigenvalue weighted by Crippen LogP contribution is -2.43. The highest BCUT2D eigenvalue weighted by molar-refractivity contribution is 7.11. The normalized spacial score (nSPS) is 36.4. The van der Waals surface area contributed by atoms with Crippen molar-refractivity contribution in [2.45, 2.75) is 64.3 Å². The summed E-state index contributed by atoms with van der Waals surface area (Å²) in [4.78, 5) is 6.42. The van der Waals surface area contributed by atoms with Crippen molar-refractivity contribution in [3.8, 4) is 0 Å². The molecule has 0 radical (unpaired) electrons. The van der Waals surface area contributed by atoms with E-state index < -0.39 is 0 Å². The molecule has 100 valence electrons. The first kappa shape index (κ1) is 12.6. The Morgan fingerprint density at radius 3 is 2.72 bits per heavy atom. The molecule has 0 spiro atoms. The standard InChI is InChI=1S/C15H24N2S/c1-10-7-8-15(16,9-11(10)2)14-17-12-5-3-4-6-13(12)18-14/h10-11H,3-9,16H2,1-2H3. The van der Waals surface area contributed by atoms with E-state index in [1.807, 2.05) is 11.3 Å². The van der Waals surface area contributed by atoms with Gasteiger partial charge >= 0.3 is 0 Å². The van der Waals surface area contributed by atoms with Crippen LogP contribution in [0.4, 0.5) is 0 Å². The molecule has 2 aliphatic carbocycles. The fourth-order valence-electron chi connectivity index (χ4n) is 3.41. The Morgan fingerprint density at radius 2 is 2.00 bits per heavy atom. The number of aryl methyl sites for hydroxylation is 2. The summed E-state index contributed by atoms with van der Waals surface area (Å²) >= 11 is 1.91. The quantitative estimate of drug-likeness (QED) is 0.841. The number of rotatable bonds is 1. The predicted octanol–water partition coefficient (Wildman–Crippen LogP) is 3.63. The van der Waals surface area contributed by atoms with E-state index in [9.17, 15) is 0 Å². The molecule has 1 aromatic heterocycles. The Labute approximate surface area is 114 Å². The molecule has 2 nitrogen and oxygen atoms in total. The van der Waals surface area contributed by atoms with Crippen LogP contribution in [-0.4, -0.2) is 4.98 Å². The van der Waals surface area contributed by atoms with Crippen LogP contribution in [0.1, 0.15) is 61.5 Å². The van der Waals surface area contributed by atoms with Crippen LogP contribution in [0, 0.1) is 11.8 Å². The van der Waals surface area contributed by atoms with Crippen molar-refractivity contribution in [2.24, 2.45) is 17.6 Å². The SMILES string of the molecule is CC1CCC(N)(c2nc3c(s2)CCCC3)CC1C. The zero-order valence-corrected chi connectivity index (χ0v) is 12.4. The van der Waals surface area contributed by atoms with Gasteiger partial charge in [0.1, 0.15) is 5.01 Å². The van der Waals surface area contributed by atoms with E-state index in [1.54, 1.807) is 0 Å². The molecule has 3 unspecified atom stereocenters. The number of hydrogen-bond donors (Lipinski definition) is 1. The van der Waals surface area contributed by atoms with Crippen LogP contribution in [-0.2, 0) is 18.4 Å². The third-order valence-corrected chi connectivity index (χ3v) is 6.35. The van der Waals surface area contributed by atoms with E-state index >= 15 is 0 Å². The number of fused-ring (bicyclic) bond motifs is 1. The second-order valence-electron chi connectivity index (χ2n) is 6.45. The van der Waals surface area contributed by atoms with E-state index in [0.29, 0.717) is 0 Å². The van der Waals surface area contributed by atoms with Crippen LogP contribution >= 0.6 is 11.3 Å². The topological polar surface area (TPSA) is 38.9 Å². The van der Waals surface area contributed by atoms with E-state index in [2.05, 4.69) is 13.8 Å². The summed E-state index contributed by atoms with van der Waals surface area (Å²) in [5.74, 6) is 1.54. The molecule has 1 fully saturated rings. The van der Waals surface area contributed by atoms with Crippen LogP contribution in [0.25, 0.3) is 0 Å². The van der Waals surface area contributed by atoms with Gasteiger partial charge in [-0.1, -0.05) is 13.8 Å². The number of thiazole rings is 1. The van der Waals surface area contributed by atoms with Gasteiger partial charge in [0, 0.05) is 4.88 Å². The minimum atomic E-state index is -0.131. The van der Waals surface area contributed by atoms with E-state index in [1.165, 1.54) is 47.7 Å². The summed E-state index contributed by atoms with van der Waals surface area (Å²) in [7, 11) is 0. The van der Waals surface area contributed by atoms with Crippen molar-refractivity contribution in [2.75, 3.05) is 0 Å². The summed E-state index contributed by atoms with van der Waals surface area (Å²) in [5.41, 5.74) is 7.92. The fourth-order valence-corrected chi connectivity index (χ4v) is 4.70. The average Bonchev–Trinajstić information content (AvgIpc) is 2.79. The second kappa shape index (κ2) is 4.61. The third kappa shape index (κ3) is 2.12. The van der Waals surface area contributed by atoms with E-state index in [4.69, 9.17) is 10.7 Å². The van der Waals surface area contributed by atoms with Crippen molar-refractivity contribution in [3.63, 3.8) is 0 Å². The first-order chi connectivity index (χ1) is 8.58. The van der Waals surface area contributed by atoms with Gasteiger partial charge in [0.15, 0.2) is 0 Å². The molecule has 1 saturated carbocycles. The Morgan fingerprint density at radius 1 is 1.22 bits per heavy atom. The molecule has 18 heavy (non-hydrogen) atoms. The molecule has 3 rings (SSSR count). The molecule has 3 atom stereocenters. The summed E-state index contributed by atoms with van der Waals surface area (Å²) in [6.45, 7) is 4.70. The van der Waals surface area contributed by atoms with Gasteiger partial charge in [0.05, 0.1) is 11.2 Å². The van der Waals surface area contributed by atoms with Gasteiger partial charge in [-0.25, -0.2) is 4.98 Å². The molecule has 1 heterocycles. The lowest BCUT2D eigenvalue weighted by atomic mass is 9.72. The van der Waals surface area contributed by atoms with Gasteiger partial charge in [-0.15, -0.1) is 11.3 Å². The minimum absolute atomic E-state index is 0.131. The van der Waals surface area contributed by atoms with Crippen LogP contribution in [0.2, 0.25) is 0 Å². The Hall–Kier alpha value is -0.410. The van der Waals surface area contributed by atoms with Crippen LogP contribution in [0.5, 0.6) is 0 Å². The summed E-state index contributed by atoms with van der Waals surface area (Å²) in [6, 6.07) is 0. The molecular weight excluding hydrogens is 240 g/mol. The first-order valence-corrected chi connectivity index (χ1v) is 8.18. The van der Waals surface area contributed by atoms with Gasteiger partial charge in [-0.05, 0) is 56.8 Å². The molecule has 0 aliphatic heterocycles. The lowest BCUT2D eigenvalue weighted by Gasteiger charge is -2.38. The predicted molar refractivity (Wildman–Crippen MR) is 76.8 cm³/mol. The zero-order valence-electron chi connectivity index (χ0n) is 11.5. The molecular formula is C15H24N2S. The molecule has 1 aromatic rings. The summed E-state index contributed by atoms with van der Waals surface area (Å²) in [6.07, 6.45) is 8.52. The maximum atomic E-state index is 6.69. The van der Waals surface area contributed by atoms with Gasteiger partial charge in [0.2, 0.25) is 0 Å². The van der Waals surface area contributed by atoms with Crippen LogP contribution in [0.3, 0.4) is 0 Å². The molecule has 2 aliphatic rings. The number of nitrogens with two attached hydrogens (primary N) is 1. The third-order valence-electron chi connectivity index (χ3n) is 4.98. The highest BCUT2D eigenvalue weighted by Gasteiger charge is 2.38. The molecule has 2 N–H and O–H groups in total. The molecule has 0 bridgehead atoms. The highest BCUT2D eigenvalue weighted by Crippen LogP contribution is 2.43. The van der Waals surface area contributed by atoms with Crippen molar-refractivity contribution in [1.29, 1.82) is 0 Å². The van der Waals surface area contributed by atoms with E-state index in [-0.39, 0.29) is 5.54 Å². The van der Waals surface area contributed by atoms with Crippen molar-refractivity contribution >= 4 is 11.3 Å². The Kier molecular flexibility index (Phi) is 3.23. The summed E-state index contributed by atoms with van der Waals surface area (Å²) in [5, 5.41) is 1.23. The van der Waals surface area contributed by atoms with E-state index in [0.717, 1.165) is 24.7 Å². The largest absolute Gasteiger partial charge is 0.319 e. The van der Waals surface area contributed by atoms with Gasteiger partial charge in [-0.2, -0.15) is 0 Å². The maximum absolute atomic E-state index is 6.69. The zero-order chi connectivity index (χ0) is 12.8. The number of aromatic nitrogens is 1. The smallest absolute Gasteiger partial charge is 0.113 e. The first-order valence-electron chi connectivity index (χ1n) is 7.36. The van der Waals surface area contributed by atoms with Gasteiger partial charge in [-0.3, -0.25) is 0 Å². The highest BCUT2D eigenvalue weighted by atomic mass is 32.1. The van der Waals surface area contributed by atoms with Crippen LogP contribution < -0.4 is 5.73 Å². The molecule has 3 heteroatoms. The lowest BCUT2D eigenvalue weighted by molar-refractivity contribution is 0.176. The molecule has 0 saturated heterocycles.